The number of carbonyl (C=O) groups excluding carboxylic acids is 2. The molecule has 0 unspecified atom stereocenters. The van der Waals surface area contributed by atoms with Crippen LogP contribution in [0.2, 0.25) is 0 Å². The van der Waals surface area contributed by atoms with Crippen molar-refractivity contribution in [3.05, 3.63) is 12.7 Å². The Kier molecular flexibility index (Phi) is 8.91. The zero-order valence-corrected chi connectivity index (χ0v) is 10.6. The van der Waals surface area contributed by atoms with Crippen molar-refractivity contribution in [2.75, 3.05) is 6.54 Å². The summed E-state index contributed by atoms with van der Waals surface area (Å²) in [5.74, 6) is -0.169. The first kappa shape index (κ1) is 15.2. The molecule has 16 heavy (non-hydrogen) atoms. The second kappa shape index (κ2) is 9.40. The van der Waals surface area contributed by atoms with Crippen LogP contribution >= 0.6 is 11.6 Å². The molecule has 0 aromatic rings. The van der Waals surface area contributed by atoms with Crippen molar-refractivity contribution < 1.29 is 9.59 Å². The van der Waals surface area contributed by atoms with Crippen molar-refractivity contribution in [2.24, 2.45) is 0 Å². The zero-order chi connectivity index (χ0) is 12.4. The molecule has 0 atom stereocenters. The van der Waals surface area contributed by atoms with Crippen molar-refractivity contribution in [1.29, 1.82) is 0 Å². The summed E-state index contributed by atoms with van der Waals surface area (Å²) in [4.78, 5) is 23.8. The van der Waals surface area contributed by atoms with E-state index in [0.717, 1.165) is 37.0 Å². The quantitative estimate of drug-likeness (QED) is 0.283. The van der Waals surface area contributed by atoms with E-state index in [2.05, 4.69) is 6.58 Å². The van der Waals surface area contributed by atoms with Gasteiger partial charge in [-0.1, -0.05) is 19.4 Å². The number of carbonyl (C=O) groups is 2. The number of nitrogens with zero attached hydrogens (tertiary/aromatic N) is 1. The molecule has 0 saturated carbocycles. The van der Waals surface area contributed by atoms with Crippen LogP contribution in [-0.4, -0.2) is 22.7 Å². The fraction of sp³-hybridized carbons (Fsp3) is 0.667. The first-order valence-electron chi connectivity index (χ1n) is 5.74. The van der Waals surface area contributed by atoms with Gasteiger partial charge in [-0.05, 0) is 37.3 Å². The average molecular weight is 246 g/mol. The second-order valence-electron chi connectivity index (χ2n) is 3.69. The average Bonchev–Trinajstić information content (AvgIpc) is 2.24. The standard InChI is InChI=1S/C12H20ClNO2/c1-3-5-7-8-9-11(15)14(12(13)16)10-6-4-2/h3H,1,4-10H2,2H3. The van der Waals surface area contributed by atoms with Gasteiger partial charge >= 0.3 is 5.37 Å². The minimum absolute atomic E-state index is 0.169. The number of imide groups is 1. The highest BCUT2D eigenvalue weighted by molar-refractivity contribution is 6.64. The molecule has 0 saturated heterocycles. The summed E-state index contributed by atoms with van der Waals surface area (Å²) in [6.07, 6.45) is 6.55. The summed E-state index contributed by atoms with van der Waals surface area (Å²) < 4.78 is 0. The van der Waals surface area contributed by atoms with Crippen LogP contribution in [0, 0.1) is 0 Å². The van der Waals surface area contributed by atoms with Gasteiger partial charge in [0.2, 0.25) is 5.91 Å². The second-order valence-corrected chi connectivity index (χ2v) is 4.01. The van der Waals surface area contributed by atoms with Crippen LogP contribution < -0.4 is 0 Å². The van der Waals surface area contributed by atoms with Gasteiger partial charge in [0.1, 0.15) is 0 Å². The zero-order valence-electron chi connectivity index (χ0n) is 9.88. The van der Waals surface area contributed by atoms with E-state index in [1.807, 2.05) is 13.0 Å². The fourth-order valence-electron chi connectivity index (χ4n) is 1.33. The Morgan fingerprint density at radius 3 is 2.50 bits per heavy atom. The molecule has 0 fully saturated rings. The molecule has 0 aliphatic heterocycles. The Morgan fingerprint density at radius 2 is 2.00 bits per heavy atom. The number of unbranched alkanes of at least 4 members (excludes halogenated alkanes) is 3. The van der Waals surface area contributed by atoms with E-state index >= 15 is 0 Å². The Labute approximate surface area is 102 Å². The van der Waals surface area contributed by atoms with Crippen molar-refractivity contribution >= 4 is 22.9 Å². The van der Waals surface area contributed by atoms with Crippen LogP contribution in [0.15, 0.2) is 12.7 Å². The highest BCUT2D eigenvalue weighted by Gasteiger charge is 2.17. The Balaban J connectivity index is 3.96. The van der Waals surface area contributed by atoms with E-state index in [1.165, 1.54) is 0 Å². The summed E-state index contributed by atoms with van der Waals surface area (Å²) in [7, 11) is 0. The van der Waals surface area contributed by atoms with Crippen molar-refractivity contribution in [1.82, 2.24) is 4.90 Å². The third-order valence-corrected chi connectivity index (χ3v) is 2.50. The lowest BCUT2D eigenvalue weighted by atomic mass is 10.2. The molecule has 2 amide bonds. The minimum atomic E-state index is -0.665. The first-order chi connectivity index (χ1) is 7.63. The van der Waals surface area contributed by atoms with Gasteiger partial charge in [0.25, 0.3) is 0 Å². The maximum atomic E-state index is 11.6. The molecule has 0 heterocycles. The predicted molar refractivity (Wildman–Crippen MR) is 66.5 cm³/mol. The molecule has 4 heteroatoms. The van der Waals surface area contributed by atoms with Crippen LogP contribution in [-0.2, 0) is 4.79 Å². The van der Waals surface area contributed by atoms with Gasteiger partial charge in [0, 0.05) is 13.0 Å². The van der Waals surface area contributed by atoms with E-state index in [1.54, 1.807) is 0 Å². The number of amides is 2. The lowest BCUT2D eigenvalue weighted by molar-refractivity contribution is -0.128. The van der Waals surface area contributed by atoms with Crippen molar-refractivity contribution in [3.8, 4) is 0 Å². The minimum Gasteiger partial charge on any atom is -0.274 e. The van der Waals surface area contributed by atoms with Crippen LogP contribution in [0.3, 0.4) is 0 Å². The monoisotopic (exact) mass is 245 g/mol. The maximum absolute atomic E-state index is 11.6. The highest BCUT2D eigenvalue weighted by atomic mass is 35.5. The van der Waals surface area contributed by atoms with E-state index in [0.29, 0.717) is 13.0 Å². The van der Waals surface area contributed by atoms with Gasteiger partial charge in [-0.2, -0.15) is 0 Å². The Bertz CT molecular complexity index is 241. The molecule has 92 valence electrons. The van der Waals surface area contributed by atoms with Crippen LogP contribution in [0.5, 0.6) is 0 Å². The van der Waals surface area contributed by atoms with Crippen LogP contribution in [0.1, 0.15) is 45.4 Å². The molecule has 0 aliphatic rings. The van der Waals surface area contributed by atoms with Gasteiger partial charge in [-0.25, -0.2) is 0 Å². The molecule has 0 aromatic heterocycles. The number of hydrogen-bond donors (Lipinski definition) is 0. The number of allylic oxidation sites excluding steroid dienone is 1. The Morgan fingerprint density at radius 1 is 1.31 bits per heavy atom. The molecular formula is C12H20ClNO2. The Hall–Kier alpha value is -0.830. The molecule has 0 bridgehead atoms. The van der Waals surface area contributed by atoms with E-state index in [9.17, 15) is 9.59 Å². The molecule has 0 spiro atoms. The van der Waals surface area contributed by atoms with Gasteiger partial charge in [0.15, 0.2) is 0 Å². The molecule has 3 nitrogen and oxygen atoms in total. The summed E-state index contributed by atoms with van der Waals surface area (Å²) >= 11 is 5.36. The largest absolute Gasteiger partial charge is 0.323 e. The molecule has 0 N–H and O–H groups in total. The summed E-state index contributed by atoms with van der Waals surface area (Å²) in [6.45, 7) is 6.05. The molecule has 0 rings (SSSR count). The smallest absolute Gasteiger partial charge is 0.274 e. The lowest BCUT2D eigenvalue weighted by Crippen LogP contribution is -2.33. The van der Waals surface area contributed by atoms with Gasteiger partial charge < -0.3 is 0 Å². The van der Waals surface area contributed by atoms with Gasteiger partial charge in [0.05, 0.1) is 0 Å². The molecule has 0 radical (unpaired) electrons. The highest BCUT2D eigenvalue weighted by Crippen LogP contribution is 2.07. The molecule has 0 aromatic carbocycles. The number of hydrogen-bond acceptors (Lipinski definition) is 2. The van der Waals surface area contributed by atoms with E-state index in [-0.39, 0.29) is 5.91 Å². The lowest BCUT2D eigenvalue weighted by Gasteiger charge is -2.17. The first-order valence-corrected chi connectivity index (χ1v) is 6.12. The van der Waals surface area contributed by atoms with E-state index in [4.69, 9.17) is 11.6 Å². The normalized spacial score (nSPS) is 9.88. The third-order valence-electron chi connectivity index (χ3n) is 2.30. The van der Waals surface area contributed by atoms with Gasteiger partial charge in [-0.15, -0.1) is 6.58 Å². The van der Waals surface area contributed by atoms with Crippen molar-refractivity contribution in [2.45, 2.75) is 45.4 Å². The van der Waals surface area contributed by atoms with Crippen LogP contribution in [0.4, 0.5) is 4.79 Å². The third kappa shape index (κ3) is 6.62. The SMILES string of the molecule is C=CCCCCC(=O)N(CCCC)C(=O)Cl. The predicted octanol–water partition coefficient (Wildman–Crippen LogP) is 3.72. The van der Waals surface area contributed by atoms with E-state index < -0.39 is 5.37 Å². The fourth-order valence-corrected chi connectivity index (χ4v) is 1.51. The number of rotatable bonds is 8. The molecule has 0 aliphatic carbocycles. The maximum Gasteiger partial charge on any atom is 0.323 e. The van der Waals surface area contributed by atoms with Crippen LogP contribution in [0.25, 0.3) is 0 Å². The van der Waals surface area contributed by atoms with Crippen molar-refractivity contribution in [3.63, 3.8) is 0 Å². The number of halogens is 1. The van der Waals surface area contributed by atoms with Gasteiger partial charge in [-0.3, -0.25) is 14.5 Å². The molecular weight excluding hydrogens is 226 g/mol. The summed E-state index contributed by atoms with van der Waals surface area (Å²) in [6, 6.07) is 0. The summed E-state index contributed by atoms with van der Waals surface area (Å²) in [5, 5.41) is -0.665. The topological polar surface area (TPSA) is 37.4 Å². The summed E-state index contributed by atoms with van der Waals surface area (Å²) in [5.41, 5.74) is 0.